The van der Waals surface area contributed by atoms with Crippen LogP contribution in [0, 0.1) is 5.41 Å². The minimum atomic E-state index is 0.410. The zero-order valence-electron chi connectivity index (χ0n) is 10.6. The summed E-state index contributed by atoms with van der Waals surface area (Å²) in [7, 11) is 0. The number of fused-ring (bicyclic) bond motifs is 1. The summed E-state index contributed by atoms with van der Waals surface area (Å²) in [6.45, 7) is 10.2. The van der Waals surface area contributed by atoms with Crippen molar-refractivity contribution in [2.24, 2.45) is 5.41 Å². The Labute approximate surface area is 98.4 Å². The van der Waals surface area contributed by atoms with Crippen LogP contribution in [0.3, 0.4) is 0 Å². The number of nitrogens with two attached hydrogens (primary N) is 1. The van der Waals surface area contributed by atoms with Crippen molar-refractivity contribution in [3.8, 4) is 0 Å². The average molecular weight is 218 g/mol. The predicted octanol–water partition coefficient (Wildman–Crippen LogP) is 3.02. The van der Waals surface area contributed by atoms with E-state index in [0.29, 0.717) is 5.41 Å². The highest BCUT2D eigenvalue weighted by Gasteiger charge is 2.24. The van der Waals surface area contributed by atoms with E-state index >= 15 is 0 Å². The van der Waals surface area contributed by atoms with Gasteiger partial charge in [-0.15, -0.1) is 0 Å². The molecule has 2 N–H and O–H groups in total. The molecule has 0 radical (unpaired) electrons. The summed E-state index contributed by atoms with van der Waals surface area (Å²) in [6, 6.07) is 6.30. The van der Waals surface area contributed by atoms with E-state index in [4.69, 9.17) is 5.73 Å². The van der Waals surface area contributed by atoms with Gasteiger partial charge in [0.1, 0.15) is 0 Å². The molecule has 0 spiro atoms. The molecule has 0 saturated heterocycles. The molecule has 0 fully saturated rings. The van der Waals surface area contributed by atoms with Gasteiger partial charge in [0.2, 0.25) is 0 Å². The van der Waals surface area contributed by atoms with Crippen molar-refractivity contribution in [2.45, 2.75) is 40.3 Å². The highest BCUT2D eigenvalue weighted by atomic mass is 15.1. The molecule has 0 amide bonds. The SMILES string of the molecule is CCC(C)(C)CN1Cc2ccc(N)cc2C1. The zero-order chi connectivity index (χ0) is 11.8. The van der Waals surface area contributed by atoms with E-state index in [2.05, 4.69) is 37.8 Å². The summed E-state index contributed by atoms with van der Waals surface area (Å²) < 4.78 is 0. The first-order valence-electron chi connectivity index (χ1n) is 6.10. The van der Waals surface area contributed by atoms with Crippen LogP contribution in [0.1, 0.15) is 38.3 Å². The molecule has 2 rings (SSSR count). The molecule has 2 nitrogen and oxygen atoms in total. The van der Waals surface area contributed by atoms with Crippen LogP contribution in [0.2, 0.25) is 0 Å². The molecule has 0 aromatic heterocycles. The van der Waals surface area contributed by atoms with Crippen LogP contribution in [0.5, 0.6) is 0 Å². The summed E-state index contributed by atoms with van der Waals surface area (Å²) in [5.41, 5.74) is 9.96. The fourth-order valence-corrected chi connectivity index (χ4v) is 2.31. The topological polar surface area (TPSA) is 29.3 Å². The smallest absolute Gasteiger partial charge is 0.0317 e. The van der Waals surface area contributed by atoms with Gasteiger partial charge in [0, 0.05) is 25.3 Å². The number of rotatable bonds is 3. The molecule has 1 aliphatic rings. The van der Waals surface area contributed by atoms with Gasteiger partial charge in [0.05, 0.1) is 0 Å². The first-order chi connectivity index (χ1) is 7.50. The second kappa shape index (κ2) is 4.10. The van der Waals surface area contributed by atoms with Gasteiger partial charge in [-0.3, -0.25) is 4.90 Å². The quantitative estimate of drug-likeness (QED) is 0.790. The minimum Gasteiger partial charge on any atom is -0.399 e. The third-order valence-electron chi connectivity index (χ3n) is 3.63. The van der Waals surface area contributed by atoms with Gasteiger partial charge in [-0.25, -0.2) is 0 Å². The van der Waals surface area contributed by atoms with E-state index in [-0.39, 0.29) is 0 Å². The zero-order valence-corrected chi connectivity index (χ0v) is 10.6. The molecule has 0 saturated carbocycles. The lowest BCUT2D eigenvalue weighted by Gasteiger charge is -2.28. The first kappa shape index (κ1) is 11.5. The fourth-order valence-electron chi connectivity index (χ4n) is 2.31. The highest BCUT2D eigenvalue weighted by Crippen LogP contribution is 2.29. The lowest BCUT2D eigenvalue weighted by Crippen LogP contribution is -2.30. The number of hydrogen-bond acceptors (Lipinski definition) is 2. The van der Waals surface area contributed by atoms with Gasteiger partial charge >= 0.3 is 0 Å². The van der Waals surface area contributed by atoms with Gasteiger partial charge in [-0.1, -0.05) is 26.8 Å². The lowest BCUT2D eigenvalue weighted by molar-refractivity contribution is 0.174. The van der Waals surface area contributed by atoms with E-state index in [1.165, 1.54) is 17.5 Å². The average Bonchev–Trinajstić information content (AvgIpc) is 2.58. The number of hydrogen-bond donors (Lipinski definition) is 1. The molecule has 16 heavy (non-hydrogen) atoms. The molecule has 1 aromatic rings. The molecule has 1 aliphatic heterocycles. The van der Waals surface area contributed by atoms with Crippen molar-refractivity contribution in [3.63, 3.8) is 0 Å². The number of benzene rings is 1. The number of anilines is 1. The predicted molar refractivity (Wildman–Crippen MR) is 69.0 cm³/mol. The van der Waals surface area contributed by atoms with Crippen LogP contribution >= 0.6 is 0 Å². The summed E-state index contributed by atoms with van der Waals surface area (Å²) in [5, 5.41) is 0. The van der Waals surface area contributed by atoms with Gasteiger partial charge in [0.25, 0.3) is 0 Å². The Kier molecular flexibility index (Phi) is 2.94. The van der Waals surface area contributed by atoms with Crippen LogP contribution in [-0.4, -0.2) is 11.4 Å². The van der Waals surface area contributed by atoms with Crippen LogP contribution < -0.4 is 5.73 Å². The minimum absolute atomic E-state index is 0.410. The molecular formula is C14H22N2. The van der Waals surface area contributed by atoms with Gasteiger partial charge in [0.15, 0.2) is 0 Å². The summed E-state index contributed by atoms with van der Waals surface area (Å²) in [4.78, 5) is 2.52. The van der Waals surface area contributed by atoms with Crippen molar-refractivity contribution >= 4 is 5.69 Å². The Hall–Kier alpha value is -1.02. The van der Waals surface area contributed by atoms with Crippen LogP contribution in [0.25, 0.3) is 0 Å². The van der Waals surface area contributed by atoms with Gasteiger partial charge < -0.3 is 5.73 Å². The highest BCUT2D eigenvalue weighted by molar-refractivity contribution is 5.46. The Morgan fingerprint density at radius 1 is 1.25 bits per heavy atom. The molecule has 2 heteroatoms. The standard InChI is InChI=1S/C14H22N2/c1-4-14(2,3)10-16-8-11-5-6-13(15)7-12(11)9-16/h5-7H,4,8-10,15H2,1-3H3. The Bertz CT molecular complexity index is 382. The third-order valence-corrected chi connectivity index (χ3v) is 3.63. The van der Waals surface area contributed by atoms with E-state index in [0.717, 1.165) is 25.3 Å². The van der Waals surface area contributed by atoms with Crippen molar-refractivity contribution in [2.75, 3.05) is 12.3 Å². The second-order valence-electron chi connectivity index (χ2n) is 5.69. The number of nitrogen functional groups attached to an aromatic ring is 1. The maximum Gasteiger partial charge on any atom is 0.0317 e. The van der Waals surface area contributed by atoms with E-state index in [9.17, 15) is 0 Å². The largest absolute Gasteiger partial charge is 0.399 e. The molecule has 0 atom stereocenters. The van der Waals surface area contributed by atoms with E-state index in [1.54, 1.807) is 0 Å². The van der Waals surface area contributed by atoms with Gasteiger partial charge in [-0.2, -0.15) is 0 Å². The van der Waals surface area contributed by atoms with E-state index < -0.39 is 0 Å². The summed E-state index contributed by atoms with van der Waals surface area (Å²) in [5.74, 6) is 0. The molecule has 0 unspecified atom stereocenters. The summed E-state index contributed by atoms with van der Waals surface area (Å²) >= 11 is 0. The van der Waals surface area contributed by atoms with Crippen molar-refractivity contribution in [1.29, 1.82) is 0 Å². The van der Waals surface area contributed by atoms with Crippen molar-refractivity contribution < 1.29 is 0 Å². The van der Waals surface area contributed by atoms with Crippen LogP contribution in [0.15, 0.2) is 18.2 Å². The molecule has 0 aliphatic carbocycles. The Morgan fingerprint density at radius 2 is 1.94 bits per heavy atom. The van der Waals surface area contributed by atoms with Gasteiger partial charge in [-0.05, 0) is 35.1 Å². The molecular weight excluding hydrogens is 196 g/mol. The summed E-state index contributed by atoms with van der Waals surface area (Å²) in [6.07, 6.45) is 1.22. The van der Waals surface area contributed by atoms with Crippen molar-refractivity contribution in [1.82, 2.24) is 4.90 Å². The van der Waals surface area contributed by atoms with Crippen LogP contribution in [-0.2, 0) is 13.1 Å². The molecule has 1 aromatic carbocycles. The maximum atomic E-state index is 5.81. The van der Waals surface area contributed by atoms with E-state index in [1.807, 2.05) is 6.07 Å². The molecule has 1 heterocycles. The van der Waals surface area contributed by atoms with Crippen molar-refractivity contribution in [3.05, 3.63) is 29.3 Å². The number of nitrogens with zero attached hydrogens (tertiary/aromatic N) is 1. The molecule has 88 valence electrons. The Balaban J connectivity index is 2.06. The normalized spacial score (nSPS) is 16.4. The first-order valence-corrected chi connectivity index (χ1v) is 6.10. The Morgan fingerprint density at radius 3 is 2.62 bits per heavy atom. The second-order valence-corrected chi connectivity index (χ2v) is 5.69. The lowest BCUT2D eigenvalue weighted by atomic mass is 9.90. The van der Waals surface area contributed by atoms with Crippen LogP contribution in [0.4, 0.5) is 5.69 Å². The maximum absolute atomic E-state index is 5.81. The third kappa shape index (κ3) is 2.38. The fraction of sp³-hybridized carbons (Fsp3) is 0.571. The molecule has 0 bridgehead atoms. The monoisotopic (exact) mass is 218 g/mol.